The molecule has 0 saturated heterocycles. The average Bonchev–Trinajstić information content (AvgIpc) is 2.87. The number of rotatable bonds is 2. The van der Waals surface area contributed by atoms with Gasteiger partial charge in [-0.25, -0.2) is 4.39 Å². The van der Waals surface area contributed by atoms with Gasteiger partial charge in [0, 0.05) is 11.3 Å². The van der Waals surface area contributed by atoms with Crippen molar-refractivity contribution in [2.75, 3.05) is 17.7 Å². The van der Waals surface area contributed by atoms with Crippen molar-refractivity contribution in [2.45, 2.75) is 5.92 Å². The predicted molar refractivity (Wildman–Crippen MR) is 74.1 cm³/mol. The lowest BCUT2D eigenvalue weighted by atomic mass is 10.0. The molecule has 0 saturated carbocycles. The minimum atomic E-state index is -0.550. The average molecular weight is 272 g/mol. The van der Waals surface area contributed by atoms with Crippen molar-refractivity contribution in [3.05, 3.63) is 53.8 Å². The number of anilines is 2. The Morgan fingerprint density at radius 1 is 1.30 bits per heavy atom. The van der Waals surface area contributed by atoms with E-state index in [0.29, 0.717) is 12.3 Å². The molecule has 0 spiro atoms. The number of nitrogens with one attached hydrogen (secondary N) is 1. The van der Waals surface area contributed by atoms with Crippen molar-refractivity contribution < 1.29 is 13.9 Å². The van der Waals surface area contributed by atoms with Gasteiger partial charge < -0.3 is 15.8 Å². The van der Waals surface area contributed by atoms with E-state index in [0.717, 1.165) is 11.3 Å². The molecule has 0 fully saturated rings. The van der Waals surface area contributed by atoms with Gasteiger partial charge in [-0.2, -0.15) is 0 Å². The Labute approximate surface area is 115 Å². The highest BCUT2D eigenvalue weighted by Crippen LogP contribution is 2.34. The zero-order chi connectivity index (χ0) is 14.1. The normalized spacial score (nSPS) is 16.4. The molecule has 3 rings (SSSR count). The molecular weight excluding hydrogens is 259 g/mol. The lowest BCUT2D eigenvalue weighted by Gasteiger charge is -2.10. The summed E-state index contributed by atoms with van der Waals surface area (Å²) in [4.78, 5) is 12.2. The molecule has 1 aliphatic heterocycles. The Hall–Kier alpha value is -2.56. The van der Waals surface area contributed by atoms with Gasteiger partial charge in [0.2, 0.25) is 5.91 Å². The summed E-state index contributed by atoms with van der Waals surface area (Å²) in [6, 6.07) is 11.6. The second kappa shape index (κ2) is 4.85. The maximum absolute atomic E-state index is 13.3. The minimum Gasteiger partial charge on any atom is -0.492 e. The van der Waals surface area contributed by atoms with Crippen molar-refractivity contribution in [1.82, 2.24) is 0 Å². The molecule has 1 aliphatic rings. The van der Waals surface area contributed by atoms with E-state index < -0.39 is 5.82 Å². The van der Waals surface area contributed by atoms with Crippen molar-refractivity contribution in [1.29, 1.82) is 0 Å². The van der Waals surface area contributed by atoms with Crippen LogP contribution < -0.4 is 15.8 Å². The predicted octanol–water partition coefficient (Wildman–Crippen LogP) is 2.52. The molecule has 0 bridgehead atoms. The topological polar surface area (TPSA) is 64.3 Å². The number of amides is 1. The Morgan fingerprint density at radius 3 is 2.90 bits per heavy atom. The van der Waals surface area contributed by atoms with Gasteiger partial charge in [-0.05, 0) is 24.3 Å². The van der Waals surface area contributed by atoms with Crippen molar-refractivity contribution in [3.8, 4) is 5.75 Å². The molecule has 1 atom stereocenters. The molecule has 0 aliphatic carbocycles. The van der Waals surface area contributed by atoms with Crippen LogP contribution in [0.5, 0.6) is 5.75 Å². The van der Waals surface area contributed by atoms with Crippen LogP contribution in [-0.4, -0.2) is 12.5 Å². The molecule has 1 unspecified atom stereocenters. The summed E-state index contributed by atoms with van der Waals surface area (Å²) in [6.07, 6.45) is 0. The van der Waals surface area contributed by atoms with E-state index in [-0.39, 0.29) is 17.5 Å². The van der Waals surface area contributed by atoms with Gasteiger partial charge >= 0.3 is 0 Å². The van der Waals surface area contributed by atoms with Crippen LogP contribution in [0, 0.1) is 5.82 Å². The highest BCUT2D eigenvalue weighted by atomic mass is 19.1. The fourth-order valence-corrected chi connectivity index (χ4v) is 2.21. The van der Waals surface area contributed by atoms with Crippen LogP contribution >= 0.6 is 0 Å². The molecule has 2 aromatic rings. The monoisotopic (exact) mass is 272 g/mol. The van der Waals surface area contributed by atoms with Crippen LogP contribution in [-0.2, 0) is 4.79 Å². The fraction of sp³-hybridized carbons (Fsp3) is 0.133. The minimum absolute atomic E-state index is 0.0533. The number of para-hydroxylation sites is 1. The number of fused-ring (bicyclic) bond motifs is 1. The van der Waals surface area contributed by atoms with E-state index in [1.54, 1.807) is 6.07 Å². The molecule has 20 heavy (non-hydrogen) atoms. The molecule has 0 radical (unpaired) electrons. The number of ether oxygens (including phenoxy) is 1. The summed E-state index contributed by atoms with van der Waals surface area (Å²) in [6.45, 7) is 0.294. The van der Waals surface area contributed by atoms with Gasteiger partial charge in [0.1, 0.15) is 24.1 Å². The molecule has 1 heterocycles. The quantitative estimate of drug-likeness (QED) is 0.826. The van der Waals surface area contributed by atoms with Crippen LogP contribution in [0.25, 0.3) is 0 Å². The lowest BCUT2D eigenvalue weighted by Crippen LogP contribution is -2.22. The van der Waals surface area contributed by atoms with E-state index in [1.165, 1.54) is 12.1 Å². The highest BCUT2D eigenvalue weighted by Gasteiger charge is 2.30. The molecule has 0 aromatic heterocycles. The number of carbonyl (C=O) groups is 1. The Bertz CT molecular complexity index is 673. The maximum Gasteiger partial charge on any atom is 0.235 e. The standard InChI is InChI=1S/C15H13FN2O2/c16-12-7-9(5-6-13(12)17)18-15(19)11-8-20-14-4-2-1-3-10(11)14/h1-7,11H,8,17H2,(H,18,19). The van der Waals surface area contributed by atoms with Crippen LogP contribution in [0.1, 0.15) is 11.5 Å². The van der Waals surface area contributed by atoms with Gasteiger partial charge in [-0.15, -0.1) is 0 Å². The van der Waals surface area contributed by atoms with Gasteiger partial charge in [0.05, 0.1) is 5.69 Å². The summed E-state index contributed by atoms with van der Waals surface area (Å²) < 4.78 is 18.8. The Morgan fingerprint density at radius 2 is 2.10 bits per heavy atom. The van der Waals surface area contributed by atoms with Crippen molar-refractivity contribution in [2.24, 2.45) is 0 Å². The second-order valence-electron chi connectivity index (χ2n) is 4.63. The molecule has 4 nitrogen and oxygen atoms in total. The summed E-state index contributed by atoms with van der Waals surface area (Å²) in [5, 5.41) is 2.68. The van der Waals surface area contributed by atoms with Gasteiger partial charge in [0.15, 0.2) is 0 Å². The van der Waals surface area contributed by atoms with E-state index >= 15 is 0 Å². The first kappa shape index (κ1) is 12.5. The Balaban J connectivity index is 1.79. The zero-order valence-electron chi connectivity index (χ0n) is 10.6. The maximum atomic E-state index is 13.3. The van der Waals surface area contributed by atoms with Gasteiger partial charge in [0.25, 0.3) is 0 Å². The third-order valence-corrected chi connectivity index (χ3v) is 3.28. The summed E-state index contributed by atoms with van der Waals surface area (Å²) in [5.74, 6) is -0.437. The van der Waals surface area contributed by atoms with E-state index in [4.69, 9.17) is 10.5 Å². The number of halogens is 1. The number of nitrogen functional groups attached to an aromatic ring is 1. The SMILES string of the molecule is Nc1ccc(NC(=O)C2COc3ccccc32)cc1F. The number of carbonyl (C=O) groups excluding carboxylic acids is 1. The van der Waals surface area contributed by atoms with Gasteiger partial charge in [-0.1, -0.05) is 18.2 Å². The molecule has 1 amide bonds. The van der Waals surface area contributed by atoms with E-state index in [2.05, 4.69) is 5.32 Å². The van der Waals surface area contributed by atoms with Gasteiger partial charge in [-0.3, -0.25) is 4.79 Å². The third-order valence-electron chi connectivity index (χ3n) is 3.28. The number of nitrogens with two attached hydrogens (primary N) is 1. The molecule has 5 heteroatoms. The largest absolute Gasteiger partial charge is 0.492 e. The Kier molecular flexibility index (Phi) is 3.02. The highest BCUT2D eigenvalue weighted by molar-refractivity contribution is 5.97. The fourth-order valence-electron chi connectivity index (χ4n) is 2.21. The summed E-state index contributed by atoms with van der Waals surface area (Å²) >= 11 is 0. The number of benzene rings is 2. The first-order valence-electron chi connectivity index (χ1n) is 6.23. The smallest absolute Gasteiger partial charge is 0.235 e. The first-order valence-corrected chi connectivity index (χ1v) is 6.23. The molecular formula is C15H13FN2O2. The van der Waals surface area contributed by atoms with Crippen LogP contribution in [0.3, 0.4) is 0 Å². The van der Waals surface area contributed by atoms with Crippen molar-refractivity contribution in [3.63, 3.8) is 0 Å². The summed E-state index contributed by atoms with van der Waals surface area (Å²) in [7, 11) is 0. The lowest BCUT2D eigenvalue weighted by molar-refractivity contribution is -0.117. The van der Waals surface area contributed by atoms with Crippen LogP contribution in [0.15, 0.2) is 42.5 Å². The molecule has 102 valence electrons. The zero-order valence-corrected chi connectivity index (χ0v) is 10.6. The van der Waals surface area contributed by atoms with E-state index in [1.807, 2.05) is 24.3 Å². The second-order valence-corrected chi connectivity index (χ2v) is 4.63. The molecule has 3 N–H and O–H groups in total. The van der Waals surface area contributed by atoms with Crippen LogP contribution in [0.4, 0.5) is 15.8 Å². The number of hydrogen-bond donors (Lipinski definition) is 2. The van der Waals surface area contributed by atoms with Crippen LogP contribution in [0.2, 0.25) is 0 Å². The number of hydrogen-bond acceptors (Lipinski definition) is 3. The van der Waals surface area contributed by atoms with E-state index in [9.17, 15) is 9.18 Å². The third kappa shape index (κ3) is 2.18. The summed E-state index contributed by atoms with van der Waals surface area (Å²) in [5.41, 5.74) is 6.68. The van der Waals surface area contributed by atoms with Crippen molar-refractivity contribution >= 4 is 17.3 Å². The first-order chi connectivity index (χ1) is 9.65. The molecule has 2 aromatic carbocycles.